The standard InChI is InChI=1S/C12H11ClN2/c1-8-3-4-11-9(5-8)6-10(7-14-2)12(13)15-11/h3-7H,1-2H3. The number of aryl methyl sites for hydroxylation is 1. The number of hydrogen-bond donors (Lipinski definition) is 0. The van der Waals surface area contributed by atoms with Crippen molar-refractivity contribution in [2.24, 2.45) is 4.99 Å². The van der Waals surface area contributed by atoms with Crippen LogP contribution in [0.3, 0.4) is 0 Å². The Kier molecular flexibility index (Phi) is 2.69. The Morgan fingerprint density at radius 3 is 2.87 bits per heavy atom. The molecule has 0 N–H and O–H groups in total. The number of aromatic nitrogens is 1. The van der Waals surface area contributed by atoms with Crippen molar-refractivity contribution in [1.29, 1.82) is 0 Å². The lowest BCUT2D eigenvalue weighted by Gasteiger charge is -2.02. The largest absolute Gasteiger partial charge is 0.296 e. The molecule has 2 aromatic rings. The molecule has 2 nitrogen and oxygen atoms in total. The van der Waals surface area contributed by atoms with Gasteiger partial charge in [0.1, 0.15) is 5.15 Å². The molecule has 1 heterocycles. The van der Waals surface area contributed by atoms with E-state index in [1.54, 1.807) is 13.3 Å². The highest BCUT2D eigenvalue weighted by atomic mass is 35.5. The minimum atomic E-state index is 0.497. The van der Waals surface area contributed by atoms with Crippen molar-refractivity contribution in [2.45, 2.75) is 6.92 Å². The lowest BCUT2D eigenvalue weighted by atomic mass is 10.1. The minimum absolute atomic E-state index is 0.497. The Labute approximate surface area is 93.6 Å². The zero-order chi connectivity index (χ0) is 10.8. The van der Waals surface area contributed by atoms with Crippen molar-refractivity contribution in [1.82, 2.24) is 4.98 Å². The first-order chi connectivity index (χ1) is 7.20. The summed E-state index contributed by atoms with van der Waals surface area (Å²) in [7, 11) is 1.72. The summed E-state index contributed by atoms with van der Waals surface area (Å²) in [6.45, 7) is 2.06. The Morgan fingerprint density at radius 2 is 2.13 bits per heavy atom. The van der Waals surface area contributed by atoms with Crippen LogP contribution in [0, 0.1) is 6.92 Å². The number of aliphatic imine (C=N–C) groups is 1. The van der Waals surface area contributed by atoms with Crippen LogP contribution in [0.15, 0.2) is 29.3 Å². The lowest BCUT2D eigenvalue weighted by molar-refractivity contribution is 1.37. The SMILES string of the molecule is CN=Cc1cc2cc(C)ccc2nc1Cl. The summed E-state index contributed by atoms with van der Waals surface area (Å²) in [6, 6.07) is 8.10. The maximum Gasteiger partial charge on any atom is 0.138 e. The van der Waals surface area contributed by atoms with Gasteiger partial charge in [0.25, 0.3) is 0 Å². The smallest absolute Gasteiger partial charge is 0.138 e. The van der Waals surface area contributed by atoms with Gasteiger partial charge in [-0.3, -0.25) is 4.99 Å². The number of pyridine rings is 1. The van der Waals surface area contributed by atoms with Crippen molar-refractivity contribution >= 4 is 28.7 Å². The van der Waals surface area contributed by atoms with Gasteiger partial charge in [0.05, 0.1) is 5.52 Å². The fourth-order valence-electron chi connectivity index (χ4n) is 1.52. The van der Waals surface area contributed by atoms with E-state index in [4.69, 9.17) is 11.6 Å². The third-order valence-electron chi connectivity index (χ3n) is 2.22. The maximum absolute atomic E-state index is 6.02. The van der Waals surface area contributed by atoms with Crippen molar-refractivity contribution in [3.8, 4) is 0 Å². The Balaban J connectivity index is 2.71. The molecular formula is C12H11ClN2. The quantitative estimate of drug-likeness (QED) is 0.533. The van der Waals surface area contributed by atoms with Gasteiger partial charge in [0.2, 0.25) is 0 Å². The molecule has 3 heteroatoms. The molecule has 0 unspecified atom stereocenters. The molecule has 0 aliphatic rings. The van der Waals surface area contributed by atoms with E-state index in [0.717, 1.165) is 16.5 Å². The van der Waals surface area contributed by atoms with Gasteiger partial charge in [-0.2, -0.15) is 0 Å². The monoisotopic (exact) mass is 218 g/mol. The van der Waals surface area contributed by atoms with E-state index in [1.165, 1.54) is 5.56 Å². The minimum Gasteiger partial charge on any atom is -0.296 e. The van der Waals surface area contributed by atoms with Gasteiger partial charge in [-0.25, -0.2) is 4.98 Å². The van der Waals surface area contributed by atoms with Crippen molar-refractivity contribution < 1.29 is 0 Å². The number of halogens is 1. The molecule has 1 aromatic heterocycles. The van der Waals surface area contributed by atoms with Crippen LogP contribution in [-0.2, 0) is 0 Å². The molecule has 0 aliphatic heterocycles. The molecule has 0 amide bonds. The molecule has 0 saturated heterocycles. The first-order valence-electron chi connectivity index (χ1n) is 4.70. The molecule has 0 saturated carbocycles. The van der Waals surface area contributed by atoms with E-state index < -0.39 is 0 Å². The van der Waals surface area contributed by atoms with Gasteiger partial charge in [-0.1, -0.05) is 23.2 Å². The molecule has 1 aromatic carbocycles. The van der Waals surface area contributed by atoms with E-state index in [-0.39, 0.29) is 0 Å². The topological polar surface area (TPSA) is 25.2 Å². The average molecular weight is 219 g/mol. The predicted molar refractivity (Wildman–Crippen MR) is 65.0 cm³/mol. The summed E-state index contributed by atoms with van der Waals surface area (Å²) in [6.07, 6.45) is 1.72. The second kappa shape index (κ2) is 3.99. The van der Waals surface area contributed by atoms with Gasteiger partial charge in [-0.15, -0.1) is 0 Å². The van der Waals surface area contributed by atoms with Crippen LogP contribution in [0.1, 0.15) is 11.1 Å². The predicted octanol–water partition coefficient (Wildman–Crippen LogP) is 3.25. The summed E-state index contributed by atoms with van der Waals surface area (Å²) in [5.41, 5.74) is 2.99. The fourth-order valence-corrected chi connectivity index (χ4v) is 1.71. The van der Waals surface area contributed by atoms with Crippen LogP contribution >= 0.6 is 11.6 Å². The highest BCUT2D eigenvalue weighted by molar-refractivity contribution is 6.32. The van der Waals surface area contributed by atoms with Crippen LogP contribution in [0.2, 0.25) is 5.15 Å². The molecular weight excluding hydrogens is 208 g/mol. The highest BCUT2D eigenvalue weighted by Crippen LogP contribution is 2.20. The summed E-state index contributed by atoms with van der Waals surface area (Å²) < 4.78 is 0. The van der Waals surface area contributed by atoms with E-state index >= 15 is 0 Å². The molecule has 0 spiro atoms. The second-order valence-corrected chi connectivity index (χ2v) is 3.81. The van der Waals surface area contributed by atoms with Gasteiger partial charge in [0.15, 0.2) is 0 Å². The molecule has 0 atom stereocenters. The average Bonchev–Trinajstić information content (AvgIpc) is 2.20. The van der Waals surface area contributed by atoms with Crippen LogP contribution in [0.4, 0.5) is 0 Å². The Morgan fingerprint density at radius 1 is 1.33 bits per heavy atom. The van der Waals surface area contributed by atoms with Gasteiger partial charge < -0.3 is 0 Å². The van der Waals surface area contributed by atoms with Gasteiger partial charge >= 0.3 is 0 Å². The second-order valence-electron chi connectivity index (χ2n) is 3.45. The van der Waals surface area contributed by atoms with Crippen molar-refractivity contribution in [3.63, 3.8) is 0 Å². The number of rotatable bonds is 1. The fraction of sp³-hybridized carbons (Fsp3) is 0.167. The summed E-state index contributed by atoms with van der Waals surface area (Å²) in [5, 5.41) is 1.59. The third-order valence-corrected chi connectivity index (χ3v) is 2.52. The third kappa shape index (κ3) is 2.00. The zero-order valence-electron chi connectivity index (χ0n) is 8.66. The number of fused-ring (bicyclic) bond motifs is 1. The highest BCUT2D eigenvalue weighted by Gasteiger charge is 2.02. The van der Waals surface area contributed by atoms with Crippen LogP contribution in [0.25, 0.3) is 10.9 Å². The van der Waals surface area contributed by atoms with Gasteiger partial charge in [0, 0.05) is 24.2 Å². The number of nitrogens with zero attached hydrogens (tertiary/aromatic N) is 2. The van der Waals surface area contributed by atoms with Crippen molar-refractivity contribution in [3.05, 3.63) is 40.5 Å². The number of benzene rings is 1. The summed E-state index contributed by atoms with van der Waals surface area (Å²) in [5.74, 6) is 0. The van der Waals surface area contributed by atoms with Crippen molar-refractivity contribution in [2.75, 3.05) is 7.05 Å². The van der Waals surface area contributed by atoms with Gasteiger partial charge in [-0.05, 0) is 25.1 Å². The van der Waals surface area contributed by atoms with E-state index in [2.05, 4.69) is 23.0 Å². The molecule has 0 radical (unpaired) electrons. The summed E-state index contributed by atoms with van der Waals surface area (Å²) in [4.78, 5) is 8.26. The van der Waals surface area contributed by atoms with Crippen LogP contribution in [0.5, 0.6) is 0 Å². The molecule has 0 fully saturated rings. The molecule has 2 rings (SSSR count). The lowest BCUT2D eigenvalue weighted by Crippen LogP contribution is -1.89. The van der Waals surface area contributed by atoms with E-state index in [0.29, 0.717) is 5.15 Å². The first-order valence-corrected chi connectivity index (χ1v) is 5.07. The Hall–Kier alpha value is -1.41. The number of hydrogen-bond acceptors (Lipinski definition) is 2. The molecule has 0 bridgehead atoms. The molecule has 76 valence electrons. The zero-order valence-corrected chi connectivity index (χ0v) is 9.42. The van der Waals surface area contributed by atoms with E-state index in [1.807, 2.05) is 18.2 Å². The maximum atomic E-state index is 6.02. The van der Waals surface area contributed by atoms with E-state index in [9.17, 15) is 0 Å². The normalized spacial score (nSPS) is 11.4. The first kappa shape index (κ1) is 10.1. The Bertz CT molecular complexity index is 532. The summed E-state index contributed by atoms with van der Waals surface area (Å²) >= 11 is 6.02. The van der Waals surface area contributed by atoms with Crippen LogP contribution in [-0.4, -0.2) is 18.2 Å². The molecule has 15 heavy (non-hydrogen) atoms. The van der Waals surface area contributed by atoms with Crippen LogP contribution < -0.4 is 0 Å². The molecule has 0 aliphatic carbocycles.